The molecule has 0 radical (unpaired) electrons. The third-order valence-corrected chi connectivity index (χ3v) is 3.08. The maximum atomic E-state index is 6.33. The third kappa shape index (κ3) is 2.13. The molecule has 1 aromatic heterocycles. The maximum Gasteiger partial charge on any atom is 0.115 e. The first kappa shape index (κ1) is 11.2. The number of halogens is 1. The number of hydrogen-bond donors (Lipinski definition) is 1. The summed E-state index contributed by atoms with van der Waals surface area (Å²) in [6.07, 6.45) is 4.99. The molecular formula is C12H12BrN3. The van der Waals surface area contributed by atoms with Crippen molar-refractivity contribution in [1.29, 1.82) is 0 Å². The Labute approximate surface area is 103 Å². The Hall–Kier alpha value is -1.26. The summed E-state index contributed by atoms with van der Waals surface area (Å²) < 4.78 is 1.01. The molecule has 0 fully saturated rings. The second-order valence-corrected chi connectivity index (χ2v) is 4.76. The van der Waals surface area contributed by atoms with Gasteiger partial charge in [-0.15, -0.1) is 0 Å². The molecule has 82 valence electrons. The zero-order valence-electron chi connectivity index (χ0n) is 8.89. The molecule has 0 saturated carbocycles. The van der Waals surface area contributed by atoms with Crippen molar-refractivity contribution in [2.75, 3.05) is 0 Å². The molecule has 0 aliphatic heterocycles. The molecule has 0 bridgehead atoms. The number of nitrogens with zero attached hydrogens (tertiary/aromatic N) is 2. The van der Waals surface area contributed by atoms with Crippen LogP contribution in [0.4, 0.5) is 0 Å². The standard InChI is InChI=1S/C12H12BrN3/c1-12(14,10-6-15-8-16-7-10)9-3-2-4-11(13)5-9/h2-8H,14H2,1H3. The minimum Gasteiger partial charge on any atom is -0.318 e. The van der Waals surface area contributed by atoms with Crippen LogP contribution >= 0.6 is 15.9 Å². The highest BCUT2D eigenvalue weighted by Gasteiger charge is 2.24. The molecule has 2 rings (SSSR count). The van der Waals surface area contributed by atoms with E-state index < -0.39 is 5.54 Å². The summed E-state index contributed by atoms with van der Waals surface area (Å²) in [5, 5.41) is 0. The van der Waals surface area contributed by atoms with Gasteiger partial charge in [-0.3, -0.25) is 0 Å². The Morgan fingerprint density at radius 3 is 2.50 bits per heavy atom. The van der Waals surface area contributed by atoms with Gasteiger partial charge < -0.3 is 5.73 Å². The van der Waals surface area contributed by atoms with Crippen LogP contribution in [-0.2, 0) is 5.54 Å². The summed E-state index contributed by atoms with van der Waals surface area (Å²) in [6, 6.07) is 7.94. The van der Waals surface area contributed by atoms with Crippen LogP contribution in [0, 0.1) is 0 Å². The highest BCUT2D eigenvalue weighted by Crippen LogP contribution is 2.27. The van der Waals surface area contributed by atoms with E-state index in [-0.39, 0.29) is 0 Å². The highest BCUT2D eigenvalue weighted by atomic mass is 79.9. The lowest BCUT2D eigenvalue weighted by atomic mass is 9.87. The van der Waals surface area contributed by atoms with E-state index in [0.29, 0.717) is 0 Å². The van der Waals surface area contributed by atoms with Crippen LogP contribution in [0.2, 0.25) is 0 Å². The summed E-state index contributed by atoms with van der Waals surface area (Å²) in [5.74, 6) is 0. The summed E-state index contributed by atoms with van der Waals surface area (Å²) in [7, 11) is 0. The maximum absolute atomic E-state index is 6.33. The molecule has 0 aliphatic rings. The predicted molar refractivity (Wildman–Crippen MR) is 66.8 cm³/mol. The Morgan fingerprint density at radius 2 is 1.88 bits per heavy atom. The van der Waals surface area contributed by atoms with Crippen molar-refractivity contribution in [3.8, 4) is 0 Å². The first-order valence-electron chi connectivity index (χ1n) is 4.91. The van der Waals surface area contributed by atoms with Gasteiger partial charge in [0.1, 0.15) is 6.33 Å². The minimum absolute atomic E-state index is 0.578. The van der Waals surface area contributed by atoms with Gasteiger partial charge >= 0.3 is 0 Å². The molecule has 1 atom stereocenters. The lowest BCUT2D eigenvalue weighted by molar-refractivity contribution is 0.596. The molecule has 1 heterocycles. The van der Waals surface area contributed by atoms with Crippen LogP contribution in [0.3, 0.4) is 0 Å². The second-order valence-electron chi connectivity index (χ2n) is 3.84. The molecule has 0 spiro atoms. The molecule has 3 nitrogen and oxygen atoms in total. The van der Waals surface area contributed by atoms with Gasteiger partial charge in [-0.05, 0) is 24.6 Å². The van der Waals surface area contributed by atoms with Gasteiger partial charge in [0.05, 0.1) is 5.54 Å². The van der Waals surface area contributed by atoms with Crippen molar-refractivity contribution in [2.24, 2.45) is 5.73 Å². The fourth-order valence-electron chi connectivity index (χ4n) is 1.55. The van der Waals surface area contributed by atoms with E-state index in [2.05, 4.69) is 25.9 Å². The number of aromatic nitrogens is 2. The molecule has 4 heteroatoms. The van der Waals surface area contributed by atoms with E-state index in [4.69, 9.17) is 5.73 Å². The Kier molecular flexibility index (Phi) is 3.03. The first-order chi connectivity index (χ1) is 7.60. The zero-order valence-corrected chi connectivity index (χ0v) is 10.5. The normalized spacial score (nSPS) is 14.4. The summed E-state index contributed by atoms with van der Waals surface area (Å²) >= 11 is 3.44. The number of hydrogen-bond acceptors (Lipinski definition) is 3. The Bertz CT molecular complexity index is 483. The fraction of sp³-hybridized carbons (Fsp3) is 0.167. The SMILES string of the molecule is CC(N)(c1cncnc1)c1cccc(Br)c1. The first-order valence-corrected chi connectivity index (χ1v) is 5.70. The molecule has 2 N–H and O–H groups in total. The van der Waals surface area contributed by atoms with Gasteiger partial charge in [-0.2, -0.15) is 0 Å². The molecule has 0 aliphatic carbocycles. The van der Waals surface area contributed by atoms with Gasteiger partial charge in [-0.25, -0.2) is 9.97 Å². The van der Waals surface area contributed by atoms with E-state index in [0.717, 1.165) is 15.6 Å². The quantitative estimate of drug-likeness (QED) is 0.918. The van der Waals surface area contributed by atoms with Crippen molar-refractivity contribution < 1.29 is 0 Å². The topological polar surface area (TPSA) is 51.8 Å². The lowest BCUT2D eigenvalue weighted by Gasteiger charge is -2.25. The summed E-state index contributed by atoms with van der Waals surface area (Å²) in [4.78, 5) is 7.99. The van der Waals surface area contributed by atoms with Crippen molar-refractivity contribution in [2.45, 2.75) is 12.5 Å². The average Bonchev–Trinajstić information content (AvgIpc) is 2.30. The average molecular weight is 278 g/mol. The van der Waals surface area contributed by atoms with E-state index in [1.807, 2.05) is 31.2 Å². The van der Waals surface area contributed by atoms with Crippen LogP contribution in [0.5, 0.6) is 0 Å². The van der Waals surface area contributed by atoms with Gasteiger partial charge in [0.2, 0.25) is 0 Å². The number of nitrogens with two attached hydrogens (primary N) is 1. The van der Waals surface area contributed by atoms with Crippen LogP contribution in [-0.4, -0.2) is 9.97 Å². The minimum atomic E-state index is -0.578. The Morgan fingerprint density at radius 1 is 1.19 bits per heavy atom. The summed E-state index contributed by atoms with van der Waals surface area (Å²) in [6.45, 7) is 1.95. The fourth-order valence-corrected chi connectivity index (χ4v) is 1.94. The predicted octanol–water partition coefficient (Wildman–Crippen LogP) is 2.46. The molecular weight excluding hydrogens is 266 g/mol. The van der Waals surface area contributed by atoms with Crippen LogP contribution in [0.25, 0.3) is 0 Å². The van der Waals surface area contributed by atoms with Crippen LogP contribution in [0.15, 0.2) is 47.5 Å². The molecule has 0 amide bonds. The molecule has 0 saturated heterocycles. The third-order valence-electron chi connectivity index (χ3n) is 2.58. The molecule has 2 aromatic rings. The van der Waals surface area contributed by atoms with Crippen molar-refractivity contribution in [3.63, 3.8) is 0 Å². The molecule has 1 aromatic carbocycles. The van der Waals surface area contributed by atoms with Gasteiger partial charge in [0, 0.05) is 22.4 Å². The van der Waals surface area contributed by atoms with Gasteiger partial charge in [0.25, 0.3) is 0 Å². The van der Waals surface area contributed by atoms with Crippen LogP contribution in [0.1, 0.15) is 18.1 Å². The van der Waals surface area contributed by atoms with E-state index in [1.54, 1.807) is 12.4 Å². The van der Waals surface area contributed by atoms with E-state index >= 15 is 0 Å². The number of rotatable bonds is 2. The lowest BCUT2D eigenvalue weighted by Crippen LogP contribution is -2.34. The molecule has 16 heavy (non-hydrogen) atoms. The molecule has 1 unspecified atom stereocenters. The van der Waals surface area contributed by atoms with Crippen molar-refractivity contribution >= 4 is 15.9 Å². The smallest absolute Gasteiger partial charge is 0.115 e. The summed E-state index contributed by atoms with van der Waals surface area (Å²) in [5.41, 5.74) is 7.67. The van der Waals surface area contributed by atoms with Gasteiger partial charge in [-0.1, -0.05) is 28.1 Å². The Balaban J connectivity index is 2.47. The van der Waals surface area contributed by atoms with Crippen molar-refractivity contribution in [3.05, 3.63) is 58.6 Å². The highest BCUT2D eigenvalue weighted by molar-refractivity contribution is 9.10. The van der Waals surface area contributed by atoms with Crippen LogP contribution < -0.4 is 5.73 Å². The van der Waals surface area contributed by atoms with E-state index in [9.17, 15) is 0 Å². The van der Waals surface area contributed by atoms with Crippen molar-refractivity contribution in [1.82, 2.24) is 9.97 Å². The van der Waals surface area contributed by atoms with E-state index in [1.165, 1.54) is 6.33 Å². The monoisotopic (exact) mass is 277 g/mol. The zero-order chi connectivity index (χ0) is 11.6. The van der Waals surface area contributed by atoms with Gasteiger partial charge in [0.15, 0.2) is 0 Å². The second kappa shape index (κ2) is 4.31. The largest absolute Gasteiger partial charge is 0.318 e. The number of benzene rings is 1.